The van der Waals surface area contributed by atoms with E-state index in [9.17, 15) is 0 Å². The van der Waals surface area contributed by atoms with Crippen LogP contribution in [0.5, 0.6) is 0 Å². The summed E-state index contributed by atoms with van der Waals surface area (Å²) in [5.74, 6) is 0. The van der Waals surface area contributed by atoms with E-state index in [1.807, 2.05) is 0 Å². The van der Waals surface area contributed by atoms with Gasteiger partial charge in [0.25, 0.3) is 0 Å². The molecule has 0 aromatic rings. The van der Waals surface area contributed by atoms with Crippen LogP contribution in [0.3, 0.4) is 0 Å². The van der Waals surface area contributed by atoms with Crippen LogP contribution < -0.4 is 0 Å². The molecule has 0 nitrogen and oxygen atoms in total. The Morgan fingerprint density at radius 2 is 1.71 bits per heavy atom. The molecule has 0 aliphatic heterocycles. The quantitative estimate of drug-likeness (QED) is 0.315. The van der Waals surface area contributed by atoms with E-state index in [0.717, 1.165) is 0 Å². The van der Waals surface area contributed by atoms with Gasteiger partial charge in [-0.15, -0.1) is 0 Å². The van der Waals surface area contributed by atoms with Gasteiger partial charge in [-0.05, 0) is 0 Å². The maximum atomic E-state index is 5.24. The average Bonchev–Trinajstić information content (AvgIpc) is 1.31. The van der Waals surface area contributed by atoms with Crippen LogP contribution in [-0.4, -0.2) is 13.0 Å². The van der Waals surface area contributed by atoms with E-state index in [-0.39, 0.29) is 0 Å². The summed E-state index contributed by atoms with van der Waals surface area (Å²) in [4.78, 5) is 0. The Bertz CT molecular complexity index is 196. The SMILES string of the molecule is [B]=[S-](=S)S(C)(=S)=S. The van der Waals surface area contributed by atoms with E-state index < -0.39 is 14.1 Å². The van der Waals surface area contributed by atoms with Crippen molar-refractivity contribution in [1.82, 2.24) is 0 Å². The fourth-order valence-corrected chi connectivity index (χ4v) is 0. The number of hydrogen-bond acceptors (Lipinski definition) is 4. The van der Waals surface area contributed by atoms with Gasteiger partial charge in [-0.25, -0.2) is 0 Å². The summed E-state index contributed by atoms with van der Waals surface area (Å²) in [5, 5.41) is 0. The van der Waals surface area contributed by atoms with Crippen LogP contribution in [0.25, 0.3) is 0 Å². The van der Waals surface area contributed by atoms with Gasteiger partial charge in [0.1, 0.15) is 0 Å². The van der Waals surface area contributed by atoms with Gasteiger partial charge in [0, 0.05) is 0 Å². The molecule has 7 heavy (non-hydrogen) atoms. The van der Waals surface area contributed by atoms with E-state index in [1.165, 1.54) is 0 Å². The van der Waals surface area contributed by atoms with Crippen molar-refractivity contribution in [1.29, 1.82) is 0 Å². The average molecular weight is 186 g/mol. The zero-order chi connectivity index (χ0) is 6.08. The van der Waals surface area contributed by atoms with Gasteiger partial charge in [0.15, 0.2) is 0 Å². The summed E-state index contributed by atoms with van der Waals surface area (Å²) in [6.45, 7) is 5.24. The molecule has 0 amide bonds. The summed E-state index contributed by atoms with van der Waals surface area (Å²) in [7, 11) is -0.637. The molecule has 1 radical (unpaired) electrons. The molecular weight excluding hydrogens is 183 g/mol. The molecule has 0 aromatic carbocycles. The second-order valence-corrected chi connectivity index (χ2v) is 13.6. The zero-order valence-corrected chi connectivity index (χ0v) is 7.70. The fraction of sp³-hybridized carbons (Fsp3) is 1.00. The fourth-order valence-electron chi connectivity index (χ4n) is 0. The number of hydrogen-bond donors (Lipinski definition) is 0. The van der Waals surface area contributed by atoms with Crippen LogP contribution in [-0.2, 0) is 47.7 Å². The van der Waals surface area contributed by atoms with E-state index in [4.69, 9.17) is 29.1 Å². The molecule has 0 saturated heterocycles. The molecule has 0 bridgehead atoms. The van der Waals surface area contributed by atoms with Crippen molar-refractivity contribution in [2.24, 2.45) is 0 Å². The van der Waals surface area contributed by atoms with E-state index in [0.29, 0.717) is 0 Å². The normalized spacial score (nSPS) is 12.1. The number of rotatable bonds is 1. The third kappa shape index (κ3) is 3.96. The van der Waals surface area contributed by atoms with Crippen molar-refractivity contribution < 1.29 is 0 Å². The van der Waals surface area contributed by atoms with Gasteiger partial charge < -0.3 is 0 Å². The van der Waals surface area contributed by atoms with E-state index >= 15 is 0 Å². The van der Waals surface area contributed by atoms with Crippen LogP contribution in [0.4, 0.5) is 0 Å². The molecule has 0 fully saturated rings. The summed E-state index contributed by atoms with van der Waals surface area (Å²) in [5.41, 5.74) is 0. The molecule has 0 aromatic heterocycles. The summed E-state index contributed by atoms with van der Waals surface area (Å²) < 4.78 is 0. The first-order chi connectivity index (χ1) is 2.94. The molecule has 0 N–H and O–H groups in total. The van der Waals surface area contributed by atoms with Crippen molar-refractivity contribution in [3.63, 3.8) is 0 Å². The predicted molar refractivity (Wildman–Crippen MR) is 48.5 cm³/mol. The van der Waals surface area contributed by atoms with Gasteiger partial charge >= 0.3 is 60.6 Å². The summed E-state index contributed by atoms with van der Waals surface area (Å²) in [6.07, 6.45) is 0.304. The van der Waals surface area contributed by atoms with Crippen molar-refractivity contribution in [3.05, 3.63) is 0 Å². The zero-order valence-electron chi connectivity index (χ0n) is 3.62. The Kier molecular flexibility index (Phi) is 3.39. The minimum absolute atomic E-state index is 0.637. The first-order valence-corrected chi connectivity index (χ1v) is 7.93. The Morgan fingerprint density at radius 1 is 1.57 bits per heavy atom. The molecule has 6 heteroatoms. The Labute approximate surface area is 60.3 Å². The molecule has 0 aliphatic rings. The minimum atomic E-state index is -1.45. The van der Waals surface area contributed by atoms with Crippen LogP contribution in [0, 0.1) is 0 Å². The van der Waals surface area contributed by atoms with Crippen LogP contribution in [0.1, 0.15) is 0 Å². The summed E-state index contributed by atoms with van der Waals surface area (Å²) in [6, 6.07) is 0. The van der Waals surface area contributed by atoms with Crippen molar-refractivity contribution in [2.75, 3.05) is 6.26 Å². The van der Waals surface area contributed by atoms with E-state index in [2.05, 4.69) is 11.2 Å². The topological polar surface area (TPSA) is 0 Å². The second-order valence-electron chi connectivity index (χ2n) is 0.965. The summed E-state index contributed by atoms with van der Waals surface area (Å²) >= 11 is 14.2. The van der Waals surface area contributed by atoms with Crippen molar-refractivity contribution >= 4 is 54.4 Å². The molecule has 41 valence electrons. The van der Waals surface area contributed by atoms with Gasteiger partial charge in [-0.3, -0.25) is 0 Å². The second kappa shape index (κ2) is 2.82. The van der Waals surface area contributed by atoms with E-state index in [1.54, 1.807) is 6.26 Å². The Balaban J connectivity index is 4.82. The molecule has 0 rings (SSSR count). The third-order valence-corrected chi connectivity index (χ3v) is 9.32. The third-order valence-electron chi connectivity index (χ3n) is 0.298. The predicted octanol–water partition coefficient (Wildman–Crippen LogP) is -0.227. The van der Waals surface area contributed by atoms with Crippen LogP contribution >= 0.6 is 0 Å². The monoisotopic (exact) mass is 186 g/mol. The van der Waals surface area contributed by atoms with Crippen molar-refractivity contribution in [3.8, 4) is 0 Å². The molecule has 0 unspecified atom stereocenters. The molecule has 0 aliphatic carbocycles. The Morgan fingerprint density at radius 3 is 1.71 bits per heavy atom. The first-order valence-electron chi connectivity index (χ1n) is 1.31. The van der Waals surface area contributed by atoms with Gasteiger partial charge in [-0.2, -0.15) is 0 Å². The molecule has 0 saturated carbocycles. The molecule has 0 spiro atoms. The Hall–Kier alpha value is 1.42. The van der Waals surface area contributed by atoms with Gasteiger partial charge in [-0.1, -0.05) is 0 Å². The molecule has 0 atom stereocenters. The van der Waals surface area contributed by atoms with Crippen molar-refractivity contribution in [2.45, 2.75) is 0 Å². The maximum absolute atomic E-state index is 5.24. The standard InChI is InChI=1S/CH3BS5/c1-7(4,5)6(2)3/h1H3/q-1. The van der Waals surface area contributed by atoms with Crippen LogP contribution in [0.2, 0.25) is 0 Å². The molecular formula is CH3BS5-. The van der Waals surface area contributed by atoms with Gasteiger partial charge in [0.05, 0.1) is 0 Å². The molecule has 0 heterocycles. The van der Waals surface area contributed by atoms with Gasteiger partial charge in [0.2, 0.25) is 0 Å². The first kappa shape index (κ1) is 8.42. The van der Waals surface area contributed by atoms with Crippen LogP contribution in [0.15, 0.2) is 0 Å².